The molecule has 0 aliphatic carbocycles. The van der Waals surface area contributed by atoms with Gasteiger partial charge in [-0.3, -0.25) is 0 Å². The Hall–Kier alpha value is -1.97. The Morgan fingerprint density at radius 1 is 1.43 bits per heavy atom. The van der Waals surface area contributed by atoms with E-state index in [1.165, 1.54) is 5.56 Å². The zero-order valence-electron chi connectivity index (χ0n) is 12.5. The first-order valence-corrected chi connectivity index (χ1v) is 7.40. The quantitative estimate of drug-likeness (QED) is 0.791. The summed E-state index contributed by atoms with van der Waals surface area (Å²) in [7, 11) is 0. The van der Waals surface area contributed by atoms with Crippen LogP contribution in [0.25, 0.3) is 0 Å². The van der Waals surface area contributed by atoms with Gasteiger partial charge in [-0.25, -0.2) is 14.1 Å². The molecule has 0 saturated carbocycles. The molecule has 0 spiro atoms. The number of allylic oxidation sites excluding steroid dienone is 1. The highest BCUT2D eigenvalue weighted by molar-refractivity contribution is 5.26. The Kier molecular flexibility index (Phi) is 3.40. The first-order valence-electron chi connectivity index (χ1n) is 7.40. The number of aromatic nitrogens is 3. The van der Waals surface area contributed by atoms with Crippen LogP contribution in [-0.4, -0.2) is 14.8 Å². The molecule has 21 heavy (non-hydrogen) atoms. The average molecular weight is 285 g/mol. The molecule has 1 aromatic carbocycles. The molecule has 3 atom stereocenters. The normalized spacial score (nSPS) is 23.6. The van der Waals surface area contributed by atoms with E-state index in [1.54, 1.807) is 6.92 Å². The van der Waals surface area contributed by atoms with Crippen LogP contribution >= 0.6 is 0 Å². The van der Waals surface area contributed by atoms with Crippen LogP contribution in [0, 0.1) is 0 Å². The molecule has 4 heteroatoms. The van der Waals surface area contributed by atoms with Crippen molar-refractivity contribution >= 4 is 0 Å². The lowest BCUT2D eigenvalue weighted by molar-refractivity contribution is 0.170. The van der Waals surface area contributed by atoms with Gasteiger partial charge in [0.25, 0.3) is 0 Å². The molecule has 3 rings (SSSR count). The molecule has 0 amide bonds. The van der Waals surface area contributed by atoms with Crippen molar-refractivity contribution in [1.82, 2.24) is 14.8 Å². The van der Waals surface area contributed by atoms with E-state index in [4.69, 9.17) is 0 Å². The topological polar surface area (TPSA) is 30.7 Å². The Labute approximate surface area is 124 Å². The van der Waals surface area contributed by atoms with Gasteiger partial charge in [0.05, 0.1) is 6.04 Å². The summed E-state index contributed by atoms with van der Waals surface area (Å²) in [5.74, 6) is 1.24. The second-order valence-electron chi connectivity index (χ2n) is 5.79. The lowest BCUT2D eigenvalue weighted by Gasteiger charge is -2.15. The van der Waals surface area contributed by atoms with Crippen molar-refractivity contribution in [3.63, 3.8) is 0 Å². The van der Waals surface area contributed by atoms with Gasteiger partial charge in [-0.05, 0) is 25.3 Å². The summed E-state index contributed by atoms with van der Waals surface area (Å²) < 4.78 is 16.4. The standard InChI is InChI=1S/C17H20FN3/c1-4-12-11-14(13-9-7-6-8-10-13)21-15(12)19-16(20-21)17(3,18)5-2/h4,6-10,12,14H,1,5,11H2,2-3H3/t12?,14-,17?/m0/s1. The van der Waals surface area contributed by atoms with Crippen molar-refractivity contribution in [2.24, 2.45) is 0 Å². The van der Waals surface area contributed by atoms with Crippen molar-refractivity contribution < 1.29 is 4.39 Å². The van der Waals surface area contributed by atoms with Gasteiger partial charge in [0.15, 0.2) is 11.5 Å². The van der Waals surface area contributed by atoms with Crippen LogP contribution in [-0.2, 0) is 5.67 Å². The van der Waals surface area contributed by atoms with Crippen molar-refractivity contribution in [3.8, 4) is 0 Å². The first-order chi connectivity index (χ1) is 10.1. The largest absolute Gasteiger partial charge is 0.242 e. The van der Waals surface area contributed by atoms with E-state index in [9.17, 15) is 4.39 Å². The van der Waals surface area contributed by atoms with Gasteiger partial charge in [0.1, 0.15) is 5.82 Å². The Morgan fingerprint density at radius 2 is 2.14 bits per heavy atom. The zero-order chi connectivity index (χ0) is 15.0. The van der Waals surface area contributed by atoms with Crippen LogP contribution in [0.2, 0.25) is 0 Å². The molecule has 1 aliphatic heterocycles. The molecule has 0 bridgehead atoms. The Morgan fingerprint density at radius 3 is 2.76 bits per heavy atom. The summed E-state index contributed by atoms with van der Waals surface area (Å²) in [6.45, 7) is 7.24. The first kappa shape index (κ1) is 14.0. The molecule has 1 aliphatic rings. The smallest absolute Gasteiger partial charge is 0.187 e. The number of halogens is 1. The van der Waals surface area contributed by atoms with E-state index < -0.39 is 5.67 Å². The van der Waals surface area contributed by atoms with Crippen molar-refractivity contribution in [3.05, 3.63) is 60.2 Å². The Balaban J connectivity index is 2.06. The van der Waals surface area contributed by atoms with Crippen LogP contribution < -0.4 is 0 Å². The minimum absolute atomic E-state index is 0.109. The molecule has 2 heterocycles. The highest BCUT2D eigenvalue weighted by Crippen LogP contribution is 2.40. The van der Waals surface area contributed by atoms with Crippen molar-refractivity contribution in [2.75, 3.05) is 0 Å². The summed E-state index contributed by atoms with van der Waals surface area (Å²) >= 11 is 0. The summed E-state index contributed by atoms with van der Waals surface area (Å²) in [5.41, 5.74) is -0.304. The predicted octanol–water partition coefficient (Wildman–Crippen LogP) is 4.14. The minimum atomic E-state index is -1.48. The Bertz CT molecular complexity index is 645. The second kappa shape index (κ2) is 5.10. The summed E-state index contributed by atoms with van der Waals surface area (Å²) in [4.78, 5) is 4.47. The van der Waals surface area contributed by atoms with Crippen LogP contribution in [0.5, 0.6) is 0 Å². The summed E-state index contributed by atoms with van der Waals surface area (Å²) in [6.07, 6.45) is 3.14. The van der Waals surface area contributed by atoms with E-state index in [-0.39, 0.29) is 17.8 Å². The average Bonchev–Trinajstić information content (AvgIpc) is 3.07. The molecule has 2 aromatic rings. The van der Waals surface area contributed by atoms with Gasteiger partial charge in [0.2, 0.25) is 0 Å². The molecule has 2 unspecified atom stereocenters. The molecule has 3 nitrogen and oxygen atoms in total. The molecule has 1 aromatic heterocycles. The van der Waals surface area contributed by atoms with E-state index >= 15 is 0 Å². The summed E-state index contributed by atoms with van der Waals surface area (Å²) in [6, 6.07) is 10.3. The van der Waals surface area contributed by atoms with Gasteiger partial charge in [0, 0.05) is 5.92 Å². The molecule has 0 fully saturated rings. The highest BCUT2D eigenvalue weighted by atomic mass is 19.1. The van der Waals surface area contributed by atoms with E-state index in [2.05, 4.69) is 28.8 Å². The highest BCUT2D eigenvalue weighted by Gasteiger charge is 2.37. The van der Waals surface area contributed by atoms with Crippen molar-refractivity contribution in [1.29, 1.82) is 0 Å². The molecule has 0 N–H and O–H groups in total. The molecule has 110 valence electrons. The van der Waals surface area contributed by atoms with Crippen LogP contribution in [0.4, 0.5) is 4.39 Å². The van der Waals surface area contributed by atoms with E-state index in [0.717, 1.165) is 12.2 Å². The van der Waals surface area contributed by atoms with Crippen LogP contribution in [0.15, 0.2) is 43.0 Å². The maximum absolute atomic E-state index is 14.5. The number of hydrogen-bond donors (Lipinski definition) is 0. The number of nitrogens with zero attached hydrogens (tertiary/aromatic N) is 3. The van der Waals surface area contributed by atoms with E-state index in [1.807, 2.05) is 35.9 Å². The number of alkyl halides is 1. The van der Waals surface area contributed by atoms with Crippen molar-refractivity contribution in [2.45, 2.75) is 44.3 Å². The third kappa shape index (κ3) is 2.28. The lowest BCUT2D eigenvalue weighted by atomic mass is 9.99. The number of benzene rings is 1. The van der Waals surface area contributed by atoms with Gasteiger partial charge < -0.3 is 0 Å². The van der Waals surface area contributed by atoms with Gasteiger partial charge in [-0.1, -0.05) is 43.3 Å². The third-order valence-electron chi connectivity index (χ3n) is 4.36. The number of hydrogen-bond acceptors (Lipinski definition) is 2. The molecule has 0 saturated heterocycles. The lowest BCUT2D eigenvalue weighted by Crippen LogP contribution is -2.17. The molecule has 0 radical (unpaired) electrons. The minimum Gasteiger partial charge on any atom is -0.242 e. The maximum atomic E-state index is 14.5. The van der Waals surface area contributed by atoms with Crippen LogP contribution in [0.1, 0.15) is 55.9 Å². The second-order valence-corrected chi connectivity index (χ2v) is 5.79. The fourth-order valence-electron chi connectivity index (χ4n) is 2.80. The fourth-order valence-corrected chi connectivity index (χ4v) is 2.80. The number of rotatable bonds is 4. The van der Waals surface area contributed by atoms with Gasteiger partial charge >= 0.3 is 0 Å². The third-order valence-corrected chi connectivity index (χ3v) is 4.36. The van der Waals surface area contributed by atoms with Gasteiger partial charge in [-0.2, -0.15) is 5.10 Å². The maximum Gasteiger partial charge on any atom is 0.187 e. The molecular formula is C17H20FN3. The van der Waals surface area contributed by atoms with Crippen LogP contribution in [0.3, 0.4) is 0 Å². The summed E-state index contributed by atoms with van der Waals surface area (Å²) in [5, 5.41) is 4.47. The predicted molar refractivity (Wildman–Crippen MR) is 80.9 cm³/mol. The van der Waals surface area contributed by atoms with Gasteiger partial charge in [-0.15, -0.1) is 6.58 Å². The molecular weight excluding hydrogens is 265 g/mol. The zero-order valence-corrected chi connectivity index (χ0v) is 12.5. The SMILES string of the molecule is C=CC1C[C@@H](c2ccccc2)n2nc(C(C)(F)CC)nc21. The fraction of sp³-hybridized carbons (Fsp3) is 0.412. The van der Waals surface area contributed by atoms with E-state index in [0.29, 0.717) is 6.42 Å². The number of fused-ring (bicyclic) bond motifs is 1. The monoisotopic (exact) mass is 285 g/mol.